The quantitative estimate of drug-likeness (QED) is 0.290. The number of aromatic nitrogens is 2. The zero-order valence-electron chi connectivity index (χ0n) is 17.5. The Kier molecular flexibility index (Phi) is 7.79. The van der Waals surface area contributed by atoms with Crippen molar-refractivity contribution >= 4 is 63.2 Å². The lowest BCUT2D eigenvalue weighted by Crippen LogP contribution is -2.16. The fraction of sp³-hybridized carbons (Fsp3) is 0.333. The predicted molar refractivity (Wildman–Crippen MR) is 127 cm³/mol. The highest BCUT2D eigenvalue weighted by atomic mass is 35.5. The maximum absolute atomic E-state index is 12.5. The molecule has 1 amide bonds. The van der Waals surface area contributed by atoms with Crippen LogP contribution in [0.15, 0.2) is 27.8 Å². The first-order valence-electron chi connectivity index (χ1n) is 10.1. The number of nitrogens with one attached hydrogen (secondary N) is 1. The van der Waals surface area contributed by atoms with Crippen molar-refractivity contribution in [3.05, 3.63) is 50.1 Å². The molecule has 0 aliphatic heterocycles. The number of benzene rings is 1. The molecule has 4 rings (SSSR count). The summed E-state index contributed by atoms with van der Waals surface area (Å²) < 4.78 is 16.3. The monoisotopic (exact) mass is 527 g/mol. The molecule has 0 radical (unpaired) electrons. The van der Waals surface area contributed by atoms with Gasteiger partial charge in [0.05, 0.1) is 22.9 Å². The number of aryl methyl sites for hydroxylation is 1. The van der Waals surface area contributed by atoms with Crippen LogP contribution in [-0.2, 0) is 29.0 Å². The average molecular weight is 528 g/mol. The smallest absolute Gasteiger partial charge is 0.341 e. The molecule has 1 aromatic carbocycles. The first-order chi connectivity index (χ1) is 15.9. The Morgan fingerprint density at radius 3 is 2.91 bits per heavy atom. The van der Waals surface area contributed by atoms with Gasteiger partial charge < -0.3 is 19.2 Å². The Hall–Kier alpha value is -2.27. The molecule has 0 unspecified atom stereocenters. The molecule has 1 aliphatic carbocycles. The molecule has 1 N–H and O–H groups in total. The number of rotatable bonds is 9. The number of carbonyl (C=O) groups excluding carboxylic acids is 2. The van der Waals surface area contributed by atoms with E-state index in [1.165, 1.54) is 11.3 Å². The van der Waals surface area contributed by atoms with Crippen molar-refractivity contribution in [2.75, 3.05) is 17.7 Å². The van der Waals surface area contributed by atoms with E-state index in [1.54, 1.807) is 25.1 Å². The number of fused-ring (bicyclic) bond motifs is 1. The van der Waals surface area contributed by atoms with Crippen LogP contribution in [0, 0.1) is 0 Å². The third kappa shape index (κ3) is 5.81. The van der Waals surface area contributed by atoms with Crippen molar-refractivity contribution in [3.8, 4) is 5.75 Å². The second kappa shape index (κ2) is 10.8. The number of hydrogen-bond donors (Lipinski definition) is 1. The van der Waals surface area contributed by atoms with Crippen molar-refractivity contribution in [2.24, 2.45) is 0 Å². The number of nitrogens with zero attached hydrogens (tertiary/aromatic N) is 2. The molecular formula is C21H19Cl2N3O5S2. The fourth-order valence-electron chi connectivity index (χ4n) is 3.29. The van der Waals surface area contributed by atoms with E-state index in [-0.39, 0.29) is 36.0 Å². The summed E-state index contributed by atoms with van der Waals surface area (Å²) in [5.41, 5.74) is 1.47. The Bertz CT molecular complexity index is 1180. The van der Waals surface area contributed by atoms with Crippen molar-refractivity contribution in [1.82, 2.24) is 10.2 Å². The summed E-state index contributed by atoms with van der Waals surface area (Å²) in [5.74, 6) is 0.0315. The van der Waals surface area contributed by atoms with Crippen LogP contribution in [0.5, 0.6) is 5.75 Å². The van der Waals surface area contributed by atoms with Crippen LogP contribution in [0.25, 0.3) is 0 Å². The number of amides is 1. The SMILES string of the molecule is CCOC(=O)c1c(NC(=O)CSc2nnc(COc3ccc(Cl)cc3Cl)o2)sc2c1CCC2. The molecule has 33 heavy (non-hydrogen) atoms. The predicted octanol–water partition coefficient (Wildman–Crippen LogP) is 5.41. The third-order valence-corrected chi connectivity index (χ3v) is 7.23. The zero-order valence-corrected chi connectivity index (χ0v) is 20.6. The summed E-state index contributed by atoms with van der Waals surface area (Å²) in [6.45, 7) is 2.05. The molecule has 12 heteroatoms. The van der Waals surface area contributed by atoms with E-state index in [2.05, 4.69) is 15.5 Å². The van der Waals surface area contributed by atoms with Crippen molar-refractivity contribution < 1.29 is 23.5 Å². The Labute approximate surface area is 207 Å². The van der Waals surface area contributed by atoms with Gasteiger partial charge in [0.15, 0.2) is 6.61 Å². The van der Waals surface area contributed by atoms with Gasteiger partial charge in [-0.2, -0.15) is 0 Å². The highest BCUT2D eigenvalue weighted by Crippen LogP contribution is 2.39. The van der Waals surface area contributed by atoms with Crippen LogP contribution in [0.2, 0.25) is 10.0 Å². The van der Waals surface area contributed by atoms with E-state index < -0.39 is 5.97 Å². The Balaban J connectivity index is 1.32. The van der Waals surface area contributed by atoms with E-state index in [0.717, 1.165) is 41.5 Å². The molecule has 0 saturated heterocycles. The molecule has 174 valence electrons. The summed E-state index contributed by atoms with van der Waals surface area (Å²) in [5, 5.41) is 12.3. The number of ether oxygens (including phenoxy) is 2. The van der Waals surface area contributed by atoms with Crippen LogP contribution < -0.4 is 10.1 Å². The second-order valence-electron chi connectivity index (χ2n) is 6.94. The molecule has 0 atom stereocenters. The van der Waals surface area contributed by atoms with Crippen LogP contribution >= 0.6 is 46.3 Å². The number of anilines is 1. The molecule has 3 aromatic rings. The van der Waals surface area contributed by atoms with E-state index in [0.29, 0.717) is 26.4 Å². The van der Waals surface area contributed by atoms with Crippen LogP contribution in [-0.4, -0.2) is 34.4 Å². The van der Waals surface area contributed by atoms with Gasteiger partial charge in [-0.15, -0.1) is 21.5 Å². The normalized spacial score (nSPS) is 12.5. The maximum atomic E-state index is 12.5. The van der Waals surface area contributed by atoms with Gasteiger partial charge in [-0.3, -0.25) is 4.79 Å². The van der Waals surface area contributed by atoms with Crippen LogP contribution in [0.1, 0.15) is 40.0 Å². The minimum absolute atomic E-state index is 0.0186. The lowest BCUT2D eigenvalue weighted by Gasteiger charge is -2.07. The maximum Gasteiger partial charge on any atom is 0.341 e. The number of carbonyl (C=O) groups is 2. The van der Waals surface area contributed by atoms with Gasteiger partial charge in [0.25, 0.3) is 11.1 Å². The second-order valence-corrected chi connectivity index (χ2v) is 9.82. The van der Waals surface area contributed by atoms with Crippen LogP contribution in [0.4, 0.5) is 5.00 Å². The molecule has 0 spiro atoms. The van der Waals surface area contributed by atoms with E-state index >= 15 is 0 Å². The molecule has 0 bridgehead atoms. The van der Waals surface area contributed by atoms with Gasteiger partial charge in [0.1, 0.15) is 10.8 Å². The Morgan fingerprint density at radius 2 is 2.12 bits per heavy atom. The summed E-state index contributed by atoms with van der Waals surface area (Å²) in [7, 11) is 0. The number of halogens is 2. The first-order valence-corrected chi connectivity index (χ1v) is 12.6. The van der Waals surface area contributed by atoms with Crippen molar-refractivity contribution in [2.45, 2.75) is 38.0 Å². The lowest BCUT2D eigenvalue weighted by atomic mass is 10.1. The van der Waals surface area contributed by atoms with E-state index in [1.807, 2.05) is 0 Å². The third-order valence-electron chi connectivity index (χ3n) is 4.67. The van der Waals surface area contributed by atoms with Crippen molar-refractivity contribution in [3.63, 3.8) is 0 Å². The zero-order chi connectivity index (χ0) is 23.4. The number of thiophene rings is 1. The summed E-state index contributed by atoms with van der Waals surface area (Å²) in [4.78, 5) is 26.1. The Morgan fingerprint density at radius 1 is 1.27 bits per heavy atom. The number of thioether (sulfide) groups is 1. The molecule has 2 aromatic heterocycles. The fourth-order valence-corrected chi connectivity index (χ4v) is 5.63. The van der Waals surface area contributed by atoms with E-state index in [9.17, 15) is 9.59 Å². The molecule has 2 heterocycles. The summed E-state index contributed by atoms with van der Waals surface area (Å²) >= 11 is 14.5. The van der Waals surface area contributed by atoms with Crippen LogP contribution in [0.3, 0.4) is 0 Å². The molecule has 8 nitrogen and oxygen atoms in total. The highest BCUT2D eigenvalue weighted by Gasteiger charge is 2.28. The van der Waals surface area contributed by atoms with Gasteiger partial charge in [0.2, 0.25) is 5.91 Å². The molecule has 0 saturated carbocycles. The molecule has 0 fully saturated rings. The molecule has 1 aliphatic rings. The largest absolute Gasteiger partial charge is 0.482 e. The minimum Gasteiger partial charge on any atom is -0.482 e. The van der Waals surface area contributed by atoms with Gasteiger partial charge in [-0.05, 0) is 49.9 Å². The highest BCUT2D eigenvalue weighted by molar-refractivity contribution is 7.99. The van der Waals surface area contributed by atoms with Gasteiger partial charge in [-0.25, -0.2) is 4.79 Å². The van der Waals surface area contributed by atoms with Gasteiger partial charge in [0, 0.05) is 9.90 Å². The van der Waals surface area contributed by atoms with Crippen molar-refractivity contribution in [1.29, 1.82) is 0 Å². The standard InChI is InChI=1S/C21H19Cl2N3O5S2/c1-2-29-20(28)18-12-4-3-5-15(12)33-19(18)24-16(27)10-32-21-26-25-17(31-21)9-30-14-7-6-11(22)8-13(14)23/h6-8H,2-5,9-10H2,1H3,(H,24,27). The summed E-state index contributed by atoms with van der Waals surface area (Å²) in [6.07, 6.45) is 2.73. The average Bonchev–Trinajstić information content (AvgIpc) is 3.48. The first kappa shape index (κ1) is 23.9. The lowest BCUT2D eigenvalue weighted by molar-refractivity contribution is -0.113. The number of esters is 1. The van der Waals surface area contributed by atoms with Gasteiger partial charge >= 0.3 is 5.97 Å². The molecular weight excluding hydrogens is 509 g/mol. The topological polar surface area (TPSA) is 104 Å². The number of hydrogen-bond acceptors (Lipinski definition) is 9. The van der Waals surface area contributed by atoms with E-state index in [4.69, 9.17) is 37.1 Å². The minimum atomic E-state index is -0.401. The van der Waals surface area contributed by atoms with Gasteiger partial charge in [-0.1, -0.05) is 35.0 Å². The summed E-state index contributed by atoms with van der Waals surface area (Å²) in [6, 6.07) is 4.87.